The third-order valence-corrected chi connectivity index (χ3v) is 10.5. The third kappa shape index (κ3) is 3.61. The lowest BCUT2D eigenvalue weighted by Crippen LogP contribution is -2.22. The van der Waals surface area contributed by atoms with Crippen LogP contribution < -0.4 is 4.90 Å². The summed E-state index contributed by atoms with van der Waals surface area (Å²) in [7, 11) is 0. The lowest BCUT2D eigenvalue weighted by Gasteiger charge is -2.35. The summed E-state index contributed by atoms with van der Waals surface area (Å²) in [6, 6.07) is 58.0. The zero-order valence-corrected chi connectivity index (χ0v) is 26.4. The number of hydrogen-bond donors (Lipinski definition) is 0. The standard InChI is InChI=1S/C45H32N2/c1-45(2)37-20-11-13-29-23-24-30-27-41(35-19-12-21-38(45)44(35)43(30)42(29)37)46(31-14-5-3-6-15-31)33-25-26-40-36(28-33)34-18-9-10-22-39(34)47(40)32-16-7-4-8-17-32/h3-28H,1-2H3. The normalized spacial score (nSPS) is 13.5. The lowest BCUT2D eigenvalue weighted by atomic mass is 9.69. The second-order valence-electron chi connectivity index (χ2n) is 13.4. The SMILES string of the molecule is CC1(C)c2cccc3ccc4cc(N(c5ccccc5)c5ccc6c(c5)c5ccccc5n6-c5ccccc5)c5cccc1c5c4c23. The first kappa shape index (κ1) is 26.4. The van der Waals surface area contributed by atoms with Gasteiger partial charge >= 0.3 is 0 Å². The van der Waals surface area contributed by atoms with E-state index < -0.39 is 0 Å². The Hall–Kier alpha value is -5.86. The summed E-state index contributed by atoms with van der Waals surface area (Å²) in [5.74, 6) is 0. The molecule has 0 unspecified atom stereocenters. The number of rotatable bonds is 4. The van der Waals surface area contributed by atoms with Gasteiger partial charge in [-0.3, -0.25) is 0 Å². The van der Waals surface area contributed by atoms with Gasteiger partial charge in [-0.1, -0.05) is 117 Å². The average Bonchev–Trinajstić information content (AvgIpc) is 3.45. The predicted octanol–water partition coefficient (Wildman–Crippen LogP) is 12.4. The highest BCUT2D eigenvalue weighted by Gasteiger charge is 2.33. The van der Waals surface area contributed by atoms with Crippen LogP contribution in [-0.2, 0) is 5.41 Å². The van der Waals surface area contributed by atoms with E-state index >= 15 is 0 Å². The van der Waals surface area contributed by atoms with E-state index in [1.807, 2.05) is 0 Å². The number of hydrogen-bond acceptors (Lipinski definition) is 1. The highest BCUT2D eigenvalue weighted by Crippen LogP contribution is 2.52. The van der Waals surface area contributed by atoms with Gasteiger partial charge in [-0.2, -0.15) is 0 Å². The molecule has 2 nitrogen and oxygen atoms in total. The van der Waals surface area contributed by atoms with E-state index in [0.29, 0.717) is 0 Å². The van der Waals surface area contributed by atoms with Crippen molar-refractivity contribution in [3.63, 3.8) is 0 Å². The average molecular weight is 601 g/mol. The quantitative estimate of drug-likeness (QED) is 0.182. The van der Waals surface area contributed by atoms with Gasteiger partial charge in [0.2, 0.25) is 0 Å². The molecule has 10 rings (SSSR count). The molecule has 1 aliphatic carbocycles. The van der Waals surface area contributed by atoms with Crippen molar-refractivity contribution in [1.82, 2.24) is 4.57 Å². The summed E-state index contributed by atoms with van der Waals surface area (Å²) in [4.78, 5) is 2.46. The molecule has 0 aliphatic heterocycles. The topological polar surface area (TPSA) is 8.17 Å². The van der Waals surface area contributed by atoms with Gasteiger partial charge in [0.05, 0.1) is 16.7 Å². The summed E-state index contributed by atoms with van der Waals surface area (Å²) in [5.41, 5.74) is 9.75. The van der Waals surface area contributed by atoms with E-state index in [0.717, 1.165) is 11.4 Å². The van der Waals surface area contributed by atoms with Crippen molar-refractivity contribution in [2.75, 3.05) is 4.90 Å². The van der Waals surface area contributed by atoms with Crippen LogP contribution in [0.5, 0.6) is 0 Å². The molecule has 8 aromatic carbocycles. The number of nitrogens with zero attached hydrogens (tertiary/aromatic N) is 2. The largest absolute Gasteiger partial charge is 0.310 e. The number of benzene rings is 8. The Morgan fingerprint density at radius 2 is 1.11 bits per heavy atom. The summed E-state index contributed by atoms with van der Waals surface area (Å²) < 4.78 is 2.38. The van der Waals surface area contributed by atoms with Crippen LogP contribution in [0.15, 0.2) is 158 Å². The Balaban J connectivity index is 1.31. The Morgan fingerprint density at radius 3 is 1.94 bits per heavy atom. The van der Waals surface area contributed by atoms with Gasteiger partial charge < -0.3 is 9.47 Å². The molecule has 0 amide bonds. The molecule has 0 saturated heterocycles. The molecule has 0 radical (unpaired) electrons. The van der Waals surface area contributed by atoms with Crippen LogP contribution in [0.1, 0.15) is 25.0 Å². The van der Waals surface area contributed by atoms with Crippen LogP contribution in [0.4, 0.5) is 17.1 Å². The molecular formula is C45H32N2. The van der Waals surface area contributed by atoms with E-state index in [2.05, 4.69) is 181 Å². The predicted molar refractivity (Wildman–Crippen MR) is 200 cm³/mol. The summed E-state index contributed by atoms with van der Waals surface area (Å²) in [5, 5.41) is 10.5. The Kier molecular flexibility index (Phi) is 5.37. The van der Waals surface area contributed by atoms with Gasteiger partial charge in [0.25, 0.3) is 0 Å². The van der Waals surface area contributed by atoms with Crippen LogP contribution in [0.25, 0.3) is 59.8 Å². The first-order valence-corrected chi connectivity index (χ1v) is 16.5. The molecule has 0 atom stereocenters. The van der Waals surface area contributed by atoms with E-state index in [-0.39, 0.29) is 5.41 Å². The molecule has 1 heterocycles. The van der Waals surface area contributed by atoms with E-state index in [1.165, 1.54) is 76.6 Å². The number of fused-ring (bicyclic) bond motifs is 3. The van der Waals surface area contributed by atoms with Crippen LogP contribution in [0.3, 0.4) is 0 Å². The zero-order chi connectivity index (χ0) is 31.3. The fourth-order valence-electron chi connectivity index (χ4n) is 8.38. The van der Waals surface area contributed by atoms with Gasteiger partial charge in [0.15, 0.2) is 0 Å². The van der Waals surface area contributed by atoms with Crippen molar-refractivity contribution < 1.29 is 0 Å². The number of anilines is 3. The second kappa shape index (κ2) is 9.57. The summed E-state index contributed by atoms with van der Waals surface area (Å²) in [6.07, 6.45) is 0. The number of para-hydroxylation sites is 3. The minimum atomic E-state index is -0.116. The number of aromatic nitrogens is 1. The molecule has 0 N–H and O–H groups in total. The maximum Gasteiger partial charge on any atom is 0.0546 e. The summed E-state index contributed by atoms with van der Waals surface area (Å²) >= 11 is 0. The maximum atomic E-state index is 2.46. The maximum absolute atomic E-state index is 2.46. The molecule has 0 bridgehead atoms. The smallest absolute Gasteiger partial charge is 0.0546 e. The van der Waals surface area contributed by atoms with Crippen molar-refractivity contribution in [3.8, 4) is 5.69 Å². The molecule has 222 valence electrons. The van der Waals surface area contributed by atoms with Gasteiger partial charge in [-0.05, 0) is 92.7 Å². The van der Waals surface area contributed by atoms with Crippen LogP contribution in [0, 0.1) is 0 Å². The van der Waals surface area contributed by atoms with Crippen molar-refractivity contribution in [2.24, 2.45) is 0 Å². The Bertz CT molecular complexity index is 2700. The van der Waals surface area contributed by atoms with Crippen molar-refractivity contribution in [2.45, 2.75) is 19.3 Å². The van der Waals surface area contributed by atoms with Crippen molar-refractivity contribution in [1.29, 1.82) is 0 Å². The van der Waals surface area contributed by atoms with E-state index in [1.54, 1.807) is 0 Å². The molecule has 1 aliphatic rings. The summed E-state index contributed by atoms with van der Waals surface area (Å²) in [6.45, 7) is 4.77. The first-order chi connectivity index (χ1) is 23.1. The monoisotopic (exact) mass is 600 g/mol. The lowest BCUT2D eigenvalue weighted by molar-refractivity contribution is 0.652. The Morgan fingerprint density at radius 1 is 0.447 bits per heavy atom. The molecule has 1 aromatic heterocycles. The molecule has 0 fully saturated rings. The molecular weight excluding hydrogens is 569 g/mol. The van der Waals surface area contributed by atoms with Crippen molar-refractivity contribution in [3.05, 3.63) is 169 Å². The molecule has 0 saturated carbocycles. The minimum Gasteiger partial charge on any atom is -0.310 e. The van der Waals surface area contributed by atoms with E-state index in [4.69, 9.17) is 0 Å². The molecule has 47 heavy (non-hydrogen) atoms. The van der Waals surface area contributed by atoms with Gasteiger partial charge in [0.1, 0.15) is 0 Å². The van der Waals surface area contributed by atoms with Gasteiger partial charge in [-0.25, -0.2) is 0 Å². The van der Waals surface area contributed by atoms with Crippen LogP contribution in [0.2, 0.25) is 0 Å². The van der Waals surface area contributed by atoms with E-state index in [9.17, 15) is 0 Å². The van der Waals surface area contributed by atoms with Gasteiger partial charge in [-0.15, -0.1) is 0 Å². The second-order valence-corrected chi connectivity index (χ2v) is 13.4. The molecule has 9 aromatic rings. The zero-order valence-electron chi connectivity index (χ0n) is 26.4. The highest BCUT2D eigenvalue weighted by molar-refractivity contribution is 6.27. The first-order valence-electron chi connectivity index (χ1n) is 16.5. The van der Waals surface area contributed by atoms with Crippen LogP contribution >= 0.6 is 0 Å². The van der Waals surface area contributed by atoms with Crippen LogP contribution in [-0.4, -0.2) is 4.57 Å². The van der Waals surface area contributed by atoms with Gasteiger partial charge in [0, 0.05) is 38.6 Å². The molecule has 2 heteroatoms. The molecule has 0 spiro atoms. The Labute approximate surface area is 273 Å². The third-order valence-electron chi connectivity index (χ3n) is 10.5. The van der Waals surface area contributed by atoms with Crippen molar-refractivity contribution >= 4 is 71.2 Å². The minimum absolute atomic E-state index is 0.116. The fraction of sp³-hybridized carbons (Fsp3) is 0.0667. The highest BCUT2D eigenvalue weighted by atomic mass is 15.1. The fourth-order valence-corrected chi connectivity index (χ4v) is 8.38.